The summed E-state index contributed by atoms with van der Waals surface area (Å²) in [6, 6.07) is 0. The zero-order valence-corrected chi connectivity index (χ0v) is 12.4. The Kier molecular flexibility index (Phi) is 9.40. The van der Waals surface area contributed by atoms with Crippen LogP contribution in [0.15, 0.2) is 0 Å². The largest absolute Gasteiger partial charge is 1.00 e. The van der Waals surface area contributed by atoms with Gasteiger partial charge < -0.3 is 33.1 Å². The van der Waals surface area contributed by atoms with Gasteiger partial charge in [0.05, 0.1) is 0 Å². The quantitative estimate of drug-likeness (QED) is 0.289. The van der Waals surface area contributed by atoms with Gasteiger partial charge in [0.15, 0.2) is 12.4 Å². The van der Waals surface area contributed by atoms with Crippen molar-refractivity contribution in [2.24, 2.45) is 0 Å². The number of aliphatic hydroxyl groups excluding tert-OH is 4. The van der Waals surface area contributed by atoms with E-state index in [0.717, 1.165) is 0 Å². The van der Waals surface area contributed by atoms with Crippen LogP contribution in [0.1, 0.15) is 2.85 Å². The molecule has 0 aromatic heterocycles. The number of carboxylic acids is 1. The molecule has 1 rings (SSSR count). The van der Waals surface area contributed by atoms with Crippen molar-refractivity contribution in [3.63, 3.8) is 0 Å². The van der Waals surface area contributed by atoms with Crippen LogP contribution in [-0.2, 0) is 9.53 Å². The van der Waals surface area contributed by atoms with Crippen LogP contribution >= 0.6 is 0 Å². The van der Waals surface area contributed by atoms with E-state index >= 15 is 0 Å². The monoisotopic (exact) mass is 242 g/mol. The van der Waals surface area contributed by atoms with Crippen molar-refractivity contribution in [1.29, 1.82) is 0 Å². The zero-order chi connectivity index (χ0) is 10.2. The number of aliphatic hydroxyl groups is 4. The molecule has 1 aliphatic heterocycles. The molecule has 0 aliphatic carbocycles. The van der Waals surface area contributed by atoms with E-state index in [0.29, 0.717) is 0 Å². The maximum absolute atomic E-state index is 10.4. The molecule has 1 saturated heterocycles. The average molecular weight is 242 g/mol. The Bertz CT molecular complexity index is 223. The molecule has 0 saturated carbocycles. The van der Waals surface area contributed by atoms with Crippen LogP contribution in [-0.4, -0.2) is 62.2 Å². The van der Waals surface area contributed by atoms with Gasteiger partial charge in [-0.3, -0.25) is 0 Å². The summed E-state index contributed by atoms with van der Waals surface area (Å²) in [5, 5.41) is 44.4. The van der Waals surface area contributed by atoms with Crippen LogP contribution in [0.5, 0.6) is 0 Å². The molecule has 9 heteroatoms. The minimum Gasteiger partial charge on any atom is -1.00 e. The number of hydrogen-bond acceptors (Lipinski definition) is 6. The Labute approximate surface area is 133 Å². The number of rotatable bonds is 1. The van der Waals surface area contributed by atoms with Crippen molar-refractivity contribution in [2.75, 3.05) is 0 Å². The second-order valence-electron chi connectivity index (χ2n) is 2.76. The van der Waals surface area contributed by atoms with E-state index in [4.69, 9.17) is 25.5 Å². The SMILES string of the molecule is O=C(O)[C@H]1O[C@@H](O)[C@H](O)[C@@H](O)[C@@H]1O.[H-].[H-].[Na+].[Na+]. The Morgan fingerprint density at radius 1 is 1.00 bits per heavy atom. The number of aliphatic carboxylic acids is 1. The van der Waals surface area contributed by atoms with Crippen LogP contribution in [0.4, 0.5) is 0 Å². The van der Waals surface area contributed by atoms with Gasteiger partial charge in [-0.1, -0.05) is 0 Å². The van der Waals surface area contributed by atoms with Crippen LogP contribution in [0, 0.1) is 0 Å². The second kappa shape index (κ2) is 7.57. The predicted molar refractivity (Wildman–Crippen MR) is 38.8 cm³/mol. The van der Waals surface area contributed by atoms with Gasteiger partial charge >= 0.3 is 65.1 Å². The molecule has 0 bridgehead atoms. The molecule has 15 heavy (non-hydrogen) atoms. The molecule has 1 fully saturated rings. The van der Waals surface area contributed by atoms with Crippen molar-refractivity contribution >= 4 is 5.97 Å². The van der Waals surface area contributed by atoms with E-state index in [1.165, 1.54) is 0 Å². The Morgan fingerprint density at radius 3 is 1.87 bits per heavy atom. The third-order valence-electron chi connectivity index (χ3n) is 1.83. The first-order valence-corrected chi connectivity index (χ1v) is 3.55. The van der Waals surface area contributed by atoms with Gasteiger partial charge in [0.25, 0.3) is 0 Å². The first-order chi connectivity index (χ1) is 5.95. The van der Waals surface area contributed by atoms with E-state index in [1.54, 1.807) is 0 Å². The summed E-state index contributed by atoms with van der Waals surface area (Å²) in [6.45, 7) is 0. The molecule has 0 unspecified atom stereocenters. The summed E-state index contributed by atoms with van der Waals surface area (Å²) in [6.07, 6.45) is -8.72. The molecule has 0 spiro atoms. The van der Waals surface area contributed by atoms with Crippen molar-refractivity contribution < 1.29 is 97.0 Å². The van der Waals surface area contributed by atoms with Crippen LogP contribution in [0.2, 0.25) is 0 Å². The van der Waals surface area contributed by atoms with E-state index in [-0.39, 0.29) is 62.0 Å². The first kappa shape index (κ1) is 18.6. The Morgan fingerprint density at radius 2 is 1.47 bits per heavy atom. The normalized spacial score (nSPS) is 39.9. The van der Waals surface area contributed by atoms with E-state index in [2.05, 4.69) is 4.74 Å². The molecule has 0 aromatic carbocycles. The van der Waals surface area contributed by atoms with Gasteiger partial charge in [-0.05, 0) is 0 Å². The van der Waals surface area contributed by atoms with Crippen LogP contribution < -0.4 is 59.1 Å². The molecule has 1 aliphatic rings. The van der Waals surface area contributed by atoms with Gasteiger partial charge in [-0.25, -0.2) is 4.79 Å². The van der Waals surface area contributed by atoms with Gasteiger partial charge in [0.1, 0.15) is 18.3 Å². The van der Waals surface area contributed by atoms with Gasteiger partial charge in [-0.2, -0.15) is 0 Å². The molecule has 5 N–H and O–H groups in total. The van der Waals surface area contributed by atoms with Crippen molar-refractivity contribution in [1.82, 2.24) is 0 Å². The Balaban J connectivity index is -0.000000211. The van der Waals surface area contributed by atoms with Crippen molar-refractivity contribution in [3.05, 3.63) is 0 Å². The topological polar surface area (TPSA) is 127 Å². The summed E-state index contributed by atoms with van der Waals surface area (Å²) in [7, 11) is 0. The molecule has 0 aromatic rings. The van der Waals surface area contributed by atoms with E-state index in [9.17, 15) is 4.79 Å². The number of carboxylic acid groups (broad SMARTS) is 1. The number of carbonyl (C=O) groups is 1. The molecule has 0 amide bonds. The standard InChI is InChI=1S/C6H10O7.2Na.2H/c7-1-2(8)4(5(10)11)13-6(12)3(1)9;;;;/h1-4,6-9,12H,(H,10,11);;;;/q;2*+1;2*-1/t1-,2-,3+,4-,6+;;;;/m0..../s1. The maximum Gasteiger partial charge on any atom is 1.00 e. The zero-order valence-electron chi connectivity index (χ0n) is 10.4. The summed E-state index contributed by atoms with van der Waals surface area (Å²) < 4.78 is 4.34. The van der Waals surface area contributed by atoms with E-state index < -0.39 is 36.7 Å². The smallest absolute Gasteiger partial charge is 1.00 e. The molecular weight excluding hydrogens is 230 g/mol. The molecule has 1 heterocycles. The second-order valence-corrected chi connectivity index (χ2v) is 2.76. The van der Waals surface area contributed by atoms with E-state index in [1.807, 2.05) is 0 Å². The predicted octanol–water partition coefficient (Wildman–Crippen LogP) is -8.90. The summed E-state index contributed by atoms with van der Waals surface area (Å²) in [4.78, 5) is 10.4. The average Bonchev–Trinajstić information content (AvgIpc) is 2.07. The van der Waals surface area contributed by atoms with Crippen molar-refractivity contribution in [3.8, 4) is 0 Å². The third kappa shape index (κ3) is 4.21. The first-order valence-electron chi connectivity index (χ1n) is 3.55. The summed E-state index contributed by atoms with van der Waals surface area (Å²) in [5.74, 6) is -1.52. The molecule has 80 valence electrons. The van der Waals surface area contributed by atoms with Crippen molar-refractivity contribution in [2.45, 2.75) is 30.7 Å². The fourth-order valence-electron chi connectivity index (χ4n) is 1.07. The fourth-order valence-corrected chi connectivity index (χ4v) is 1.07. The minimum atomic E-state index is -1.81. The van der Waals surface area contributed by atoms with Crippen LogP contribution in [0.25, 0.3) is 0 Å². The molecule has 0 radical (unpaired) electrons. The maximum atomic E-state index is 10.4. The summed E-state index contributed by atoms with van der Waals surface area (Å²) in [5.41, 5.74) is 0. The molecular formula is C6H12Na2O7. The van der Waals surface area contributed by atoms with Gasteiger partial charge in [0.2, 0.25) is 0 Å². The fraction of sp³-hybridized carbons (Fsp3) is 0.833. The molecule has 5 atom stereocenters. The third-order valence-corrected chi connectivity index (χ3v) is 1.83. The molecule has 7 nitrogen and oxygen atoms in total. The minimum absolute atomic E-state index is 0. The number of ether oxygens (including phenoxy) is 1. The Hall–Kier alpha value is 1.27. The van der Waals surface area contributed by atoms with Gasteiger partial charge in [-0.15, -0.1) is 0 Å². The number of hydrogen-bond donors (Lipinski definition) is 5. The summed E-state index contributed by atoms with van der Waals surface area (Å²) >= 11 is 0. The van der Waals surface area contributed by atoms with Crippen LogP contribution in [0.3, 0.4) is 0 Å². The van der Waals surface area contributed by atoms with Gasteiger partial charge in [0, 0.05) is 0 Å².